The molecule has 0 aliphatic carbocycles. The third kappa shape index (κ3) is 4.41. The maximum Gasteiger partial charge on any atom is 0.0723 e. The van der Waals surface area contributed by atoms with E-state index in [-0.39, 0.29) is 12.0 Å². The van der Waals surface area contributed by atoms with Gasteiger partial charge in [-0.2, -0.15) is 5.10 Å². The number of rotatable bonds is 6. The Kier molecular flexibility index (Phi) is 5.15. The van der Waals surface area contributed by atoms with E-state index in [1.807, 2.05) is 22.9 Å². The summed E-state index contributed by atoms with van der Waals surface area (Å²) in [6.45, 7) is 8.82. The van der Waals surface area contributed by atoms with E-state index in [1.165, 1.54) is 11.1 Å². The van der Waals surface area contributed by atoms with Crippen molar-refractivity contribution in [2.45, 2.75) is 39.3 Å². The number of hydrogen-bond acceptors (Lipinski definition) is 3. The number of aromatic nitrogens is 2. The lowest BCUT2D eigenvalue weighted by Gasteiger charge is -2.17. The number of aliphatic hydroxyl groups excluding tert-OH is 1. The summed E-state index contributed by atoms with van der Waals surface area (Å²) in [5, 5.41) is 16.9. The van der Waals surface area contributed by atoms with Gasteiger partial charge in [-0.15, -0.1) is 0 Å². The van der Waals surface area contributed by atoms with Crippen molar-refractivity contribution in [2.75, 3.05) is 13.2 Å². The number of aliphatic hydroxyl groups is 1. The van der Waals surface area contributed by atoms with Crippen molar-refractivity contribution in [1.29, 1.82) is 0 Å². The first-order valence-electron chi connectivity index (χ1n) is 7.43. The average molecular weight is 287 g/mol. The molecule has 2 rings (SSSR count). The summed E-state index contributed by atoms with van der Waals surface area (Å²) in [4.78, 5) is 0. The van der Waals surface area contributed by atoms with E-state index in [2.05, 4.69) is 44.4 Å². The van der Waals surface area contributed by atoms with Crippen LogP contribution in [0.3, 0.4) is 0 Å². The predicted molar refractivity (Wildman–Crippen MR) is 85.3 cm³/mol. The summed E-state index contributed by atoms with van der Waals surface area (Å²) in [7, 11) is 0. The fraction of sp³-hybridized carbons (Fsp3) is 0.471. The van der Waals surface area contributed by atoms with Crippen molar-refractivity contribution < 1.29 is 5.11 Å². The molecule has 0 aliphatic rings. The molecule has 0 fully saturated rings. The number of nitrogens with one attached hydrogen (secondary N) is 1. The molecule has 0 radical (unpaired) electrons. The van der Waals surface area contributed by atoms with Gasteiger partial charge in [-0.05, 0) is 5.56 Å². The minimum Gasteiger partial charge on any atom is -0.395 e. The molecule has 4 heteroatoms. The molecular weight excluding hydrogens is 262 g/mol. The number of hydrogen-bond donors (Lipinski definition) is 2. The summed E-state index contributed by atoms with van der Waals surface area (Å²) < 4.78 is 2.01. The van der Waals surface area contributed by atoms with Gasteiger partial charge < -0.3 is 10.4 Å². The molecule has 0 aliphatic heterocycles. The molecule has 1 heterocycles. The highest BCUT2D eigenvalue weighted by Gasteiger charge is 2.22. The molecule has 21 heavy (non-hydrogen) atoms. The van der Waals surface area contributed by atoms with Gasteiger partial charge in [0, 0.05) is 30.3 Å². The van der Waals surface area contributed by atoms with Gasteiger partial charge in [-0.1, -0.05) is 51.1 Å². The zero-order chi connectivity index (χ0) is 15.3. The van der Waals surface area contributed by atoms with Crippen LogP contribution in [0.1, 0.15) is 37.6 Å². The van der Waals surface area contributed by atoms with Crippen LogP contribution in [0.15, 0.2) is 36.5 Å². The molecule has 0 atom stereocenters. The highest BCUT2D eigenvalue weighted by Crippen LogP contribution is 2.24. The Hall–Kier alpha value is -1.65. The third-order valence-corrected chi connectivity index (χ3v) is 3.34. The summed E-state index contributed by atoms with van der Waals surface area (Å²) >= 11 is 0. The average Bonchev–Trinajstić information content (AvgIpc) is 2.83. The van der Waals surface area contributed by atoms with E-state index in [0.29, 0.717) is 6.54 Å². The molecule has 0 saturated heterocycles. The maximum absolute atomic E-state index is 8.89. The van der Waals surface area contributed by atoms with E-state index in [4.69, 9.17) is 10.2 Å². The highest BCUT2D eigenvalue weighted by atomic mass is 16.3. The smallest absolute Gasteiger partial charge is 0.0723 e. The van der Waals surface area contributed by atoms with E-state index in [1.54, 1.807) is 0 Å². The quantitative estimate of drug-likeness (QED) is 0.802. The van der Waals surface area contributed by atoms with Gasteiger partial charge in [0.05, 0.1) is 18.8 Å². The fourth-order valence-corrected chi connectivity index (χ4v) is 2.38. The maximum atomic E-state index is 8.89. The molecule has 114 valence electrons. The Morgan fingerprint density at radius 3 is 2.52 bits per heavy atom. The van der Waals surface area contributed by atoms with Crippen LogP contribution in [0, 0.1) is 0 Å². The SMILES string of the molecule is CC(C)(C)c1nn(Cc2ccccc2)cc1CNCCO. The first kappa shape index (κ1) is 15.7. The van der Waals surface area contributed by atoms with Gasteiger partial charge >= 0.3 is 0 Å². The van der Waals surface area contributed by atoms with Crippen molar-refractivity contribution in [1.82, 2.24) is 15.1 Å². The monoisotopic (exact) mass is 287 g/mol. The molecule has 2 aromatic rings. The molecule has 0 saturated carbocycles. The van der Waals surface area contributed by atoms with E-state index < -0.39 is 0 Å². The van der Waals surface area contributed by atoms with Gasteiger partial charge in [-0.25, -0.2) is 0 Å². The molecule has 0 unspecified atom stereocenters. The highest BCUT2D eigenvalue weighted by molar-refractivity contribution is 5.25. The Balaban J connectivity index is 2.19. The van der Waals surface area contributed by atoms with E-state index in [9.17, 15) is 0 Å². The molecule has 1 aromatic heterocycles. The number of nitrogens with zero attached hydrogens (tertiary/aromatic N) is 2. The molecule has 0 bridgehead atoms. The van der Waals surface area contributed by atoms with E-state index >= 15 is 0 Å². The third-order valence-electron chi connectivity index (χ3n) is 3.34. The van der Waals surface area contributed by atoms with Crippen molar-refractivity contribution in [3.05, 3.63) is 53.3 Å². The topological polar surface area (TPSA) is 50.1 Å². The zero-order valence-corrected chi connectivity index (χ0v) is 13.1. The Morgan fingerprint density at radius 1 is 1.19 bits per heavy atom. The van der Waals surface area contributed by atoms with Crippen LogP contribution in [0.2, 0.25) is 0 Å². The van der Waals surface area contributed by atoms with Gasteiger partial charge in [0.25, 0.3) is 0 Å². The van der Waals surface area contributed by atoms with Crippen LogP contribution in [0.4, 0.5) is 0 Å². The predicted octanol–water partition coefficient (Wildman–Crippen LogP) is 2.31. The Bertz CT molecular complexity index is 555. The Morgan fingerprint density at radius 2 is 1.90 bits per heavy atom. The summed E-state index contributed by atoms with van der Waals surface area (Å²) in [6, 6.07) is 10.3. The molecule has 4 nitrogen and oxygen atoms in total. The van der Waals surface area contributed by atoms with Gasteiger partial charge in [0.15, 0.2) is 0 Å². The fourth-order valence-electron chi connectivity index (χ4n) is 2.38. The standard InChI is InChI=1S/C17H25N3O/c1-17(2,3)16-15(11-18-9-10-21)13-20(19-16)12-14-7-5-4-6-8-14/h4-8,13,18,21H,9-12H2,1-3H3. The largest absolute Gasteiger partial charge is 0.395 e. The molecule has 0 amide bonds. The van der Waals surface area contributed by atoms with Crippen LogP contribution in [-0.4, -0.2) is 28.0 Å². The minimum atomic E-state index is 0.0121. The lowest BCUT2D eigenvalue weighted by atomic mass is 9.89. The lowest BCUT2D eigenvalue weighted by molar-refractivity contribution is 0.292. The van der Waals surface area contributed by atoms with Crippen molar-refractivity contribution in [3.8, 4) is 0 Å². The normalized spacial score (nSPS) is 11.8. The van der Waals surface area contributed by atoms with E-state index in [0.717, 1.165) is 18.8 Å². The molecular formula is C17H25N3O. The van der Waals surface area contributed by atoms with Crippen LogP contribution in [0.25, 0.3) is 0 Å². The van der Waals surface area contributed by atoms with Crippen LogP contribution >= 0.6 is 0 Å². The number of benzene rings is 1. The second-order valence-corrected chi connectivity index (χ2v) is 6.34. The first-order chi connectivity index (χ1) is 10.0. The molecule has 2 N–H and O–H groups in total. The van der Waals surface area contributed by atoms with Gasteiger partial charge in [-0.3, -0.25) is 4.68 Å². The van der Waals surface area contributed by atoms with Crippen molar-refractivity contribution in [3.63, 3.8) is 0 Å². The second kappa shape index (κ2) is 6.87. The van der Waals surface area contributed by atoms with Gasteiger partial charge in [0.1, 0.15) is 0 Å². The van der Waals surface area contributed by atoms with Gasteiger partial charge in [0.2, 0.25) is 0 Å². The molecule has 1 aromatic carbocycles. The Labute approximate surface area is 126 Å². The summed E-state index contributed by atoms with van der Waals surface area (Å²) in [5.74, 6) is 0. The minimum absolute atomic E-state index is 0.0121. The van der Waals surface area contributed by atoms with Crippen molar-refractivity contribution >= 4 is 0 Å². The second-order valence-electron chi connectivity index (χ2n) is 6.34. The lowest BCUT2D eigenvalue weighted by Crippen LogP contribution is -2.21. The van der Waals surface area contributed by atoms with Crippen LogP contribution in [0.5, 0.6) is 0 Å². The van der Waals surface area contributed by atoms with Crippen molar-refractivity contribution in [2.24, 2.45) is 0 Å². The summed E-state index contributed by atoms with van der Waals surface area (Å²) in [6.07, 6.45) is 2.11. The summed E-state index contributed by atoms with van der Waals surface area (Å²) in [5.41, 5.74) is 3.57. The zero-order valence-electron chi connectivity index (χ0n) is 13.1. The first-order valence-corrected chi connectivity index (χ1v) is 7.43. The molecule has 0 spiro atoms. The van der Waals surface area contributed by atoms with Crippen LogP contribution in [-0.2, 0) is 18.5 Å². The van der Waals surface area contributed by atoms with Crippen LogP contribution < -0.4 is 5.32 Å².